The first kappa shape index (κ1) is 20.5. The molecule has 4 amide bonds. The maximum Gasteiger partial charge on any atom is 0.262 e. The average Bonchev–Trinajstić information content (AvgIpc) is 3.26. The monoisotopic (exact) mass is 432 g/mol. The fraction of sp³-hybridized carbons (Fsp3) is 0.333. The van der Waals surface area contributed by atoms with Gasteiger partial charge in [-0.2, -0.15) is 0 Å². The molecule has 3 heterocycles. The van der Waals surface area contributed by atoms with Gasteiger partial charge in [0.1, 0.15) is 6.04 Å². The van der Waals surface area contributed by atoms with Crippen LogP contribution in [0, 0.1) is 0 Å². The van der Waals surface area contributed by atoms with Crippen LogP contribution < -0.4 is 11.1 Å². The van der Waals surface area contributed by atoms with Crippen LogP contribution >= 0.6 is 0 Å². The van der Waals surface area contributed by atoms with E-state index in [1.165, 1.54) is 5.56 Å². The first-order chi connectivity index (χ1) is 15.4. The minimum atomic E-state index is -0.956. The summed E-state index contributed by atoms with van der Waals surface area (Å²) in [4.78, 5) is 52.9. The number of piperidine rings is 1. The molecular weight excluding hydrogens is 408 g/mol. The van der Waals surface area contributed by atoms with Gasteiger partial charge in [-0.25, -0.2) is 0 Å². The van der Waals surface area contributed by atoms with E-state index in [-0.39, 0.29) is 30.8 Å². The van der Waals surface area contributed by atoms with Crippen LogP contribution in [-0.2, 0) is 16.1 Å². The van der Waals surface area contributed by atoms with Gasteiger partial charge in [0.05, 0.1) is 11.1 Å². The Kier molecular flexibility index (Phi) is 5.11. The maximum atomic E-state index is 13.1. The van der Waals surface area contributed by atoms with E-state index in [4.69, 9.17) is 5.73 Å². The second kappa shape index (κ2) is 7.96. The van der Waals surface area contributed by atoms with Gasteiger partial charge >= 0.3 is 0 Å². The van der Waals surface area contributed by atoms with Crippen molar-refractivity contribution >= 4 is 23.6 Å². The molecule has 2 fully saturated rings. The third-order valence-corrected chi connectivity index (χ3v) is 6.51. The normalized spacial score (nSPS) is 25.9. The predicted octanol–water partition coefficient (Wildman–Crippen LogP) is 1.36. The number of rotatable bonds is 4. The molecule has 2 saturated heterocycles. The van der Waals surface area contributed by atoms with E-state index >= 15 is 0 Å². The summed E-state index contributed by atoms with van der Waals surface area (Å²) in [7, 11) is 0. The molecule has 8 nitrogen and oxygen atoms in total. The second-order valence-corrected chi connectivity index (χ2v) is 8.68. The lowest BCUT2D eigenvalue weighted by Crippen LogP contribution is -2.54. The van der Waals surface area contributed by atoms with Crippen molar-refractivity contribution in [1.82, 2.24) is 15.1 Å². The van der Waals surface area contributed by atoms with Crippen LogP contribution in [0.1, 0.15) is 57.1 Å². The van der Waals surface area contributed by atoms with Gasteiger partial charge in [-0.1, -0.05) is 36.4 Å². The van der Waals surface area contributed by atoms with Gasteiger partial charge in [-0.05, 0) is 36.1 Å². The van der Waals surface area contributed by atoms with Gasteiger partial charge in [-0.15, -0.1) is 0 Å². The molecule has 3 N–H and O–H groups in total. The number of nitrogens with one attached hydrogen (secondary N) is 1. The molecule has 0 aliphatic carbocycles. The van der Waals surface area contributed by atoms with E-state index < -0.39 is 23.8 Å². The summed E-state index contributed by atoms with van der Waals surface area (Å²) in [6.07, 6.45) is 1.11. The van der Waals surface area contributed by atoms with Crippen molar-refractivity contribution in [1.29, 1.82) is 0 Å². The predicted molar refractivity (Wildman–Crippen MR) is 115 cm³/mol. The van der Waals surface area contributed by atoms with Crippen LogP contribution in [0.25, 0.3) is 0 Å². The van der Waals surface area contributed by atoms with Gasteiger partial charge in [-0.3, -0.25) is 34.3 Å². The summed E-state index contributed by atoms with van der Waals surface area (Å²) >= 11 is 0. The van der Waals surface area contributed by atoms with Gasteiger partial charge in [0.2, 0.25) is 11.8 Å². The lowest BCUT2D eigenvalue weighted by Gasteiger charge is -2.27. The highest BCUT2D eigenvalue weighted by Crippen LogP contribution is 2.34. The highest BCUT2D eigenvalue weighted by atomic mass is 16.2. The van der Waals surface area contributed by atoms with E-state index in [9.17, 15) is 19.2 Å². The standard InChI is InChI=1S/C24H24N4O4/c25-16-11-20(15-4-2-1-3-5-15)27(13-16)12-14-6-7-17-18(10-14)24(32)28(23(17)31)19-8-9-21(29)26-22(19)30/h1-7,10,16,19-20H,8-9,11-13,25H2,(H,26,29,30)/t16-,19?,20-/m0/s1. The molecule has 0 saturated carbocycles. The number of nitrogens with zero attached hydrogens (tertiary/aromatic N) is 2. The molecular formula is C24H24N4O4. The molecule has 2 aromatic carbocycles. The Morgan fingerprint density at radius 2 is 1.69 bits per heavy atom. The van der Waals surface area contributed by atoms with Crippen molar-refractivity contribution in [2.45, 2.75) is 43.9 Å². The second-order valence-electron chi connectivity index (χ2n) is 8.68. The number of likely N-dealkylation sites (tertiary alicyclic amines) is 1. The Balaban J connectivity index is 1.38. The number of hydrogen-bond acceptors (Lipinski definition) is 6. The fourth-order valence-electron chi connectivity index (χ4n) is 4.99. The Bertz CT molecular complexity index is 1120. The summed E-state index contributed by atoms with van der Waals surface area (Å²) < 4.78 is 0. The fourth-order valence-corrected chi connectivity index (χ4v) is 4.99. The van der Waals surface area contributed by atoms with Crippen molar-refractivity contribution in [3.8, 4) is 0 Å². The highest BCUT2D eigenvalue weighted by molar-refractivity contribution is 6.23. The molecule has 0 radical (unpaired) electrons. The summed E-state index contributed by atoms with van der Waals surface area (Å²) in [5.41, 5.74) is 8.96. The lowest BCUT2D eigenvalue weighted by atomic mass is 10.0. The van der Waals surface area contributed by atoms with Crippen LogP contribution in [0.2, 0.25) is 0 Å². The molecule has 5 rings (SSSR count). The van der Waals surface area contributed by atoms with Crippen molar-refractivity contribution in [3.63, 3.8) is 0 Å². The number of imide groups is 2. The van der Waals surface area contributed by atoms with E-state index in [1.807, 2.05) is 24.3 Å². The Morgan fingerprint density at radius 3 is 2.44 bits per heavy atom. The molecule has 3 atom stereocenters. The molecule has 3 aliphatic heterocycles. The third kappa shape index (κ3) is 3.51. The van der Waals surface area contributed by atoms with Gasteiger partial charge in [0.25, 0.3) is 11.8 Å². The molecule has 2 aromatic rings. The van der Waals surface area contributed by atoms with Crippen molar-refractivity contribution in [2.24, 2.45) is 5.73 Å². The van der Waals surface area contributed by atoms with Crippen molar-refractivity contribution in [3.05, 3.63) is 70.8 Å². The third-order valence-electron chi connectivity index (χ3n) is 6.51. The lowest BCUT2D eigenvalue weighted by molar-refractivity contribution is -0.136. The number of fused-ring (bicyclic) bond motifs is 1. The Morgan fingerprint density at radius 1 is 0.938 bits per heavy atom. The number of hydrogen-bond donors (Lipinski definition) is 2. The number of carbonyl (C=O) groups is 4. The van der Waals surface area contributed by atoms with Gasteiger partial charge in [0.15, 0.2) is 0 Å². The zero-order valence-corrected chi connectivity index (χ0v) is 17.5. The van der Waals surface area contributed by atoms with Gasteiger partial charge < -0.3 is 5.73 Å². The Hall–Kier alpha value is -3.36. The molecule has 0 bridgehead atoms. The molecule has 164 valence electrons. The minimum Gasteiger partial charge on any atom is -0.326 e. The van der Waals surface area contributed by atoms with Crippen LogP contribution in [0.4, 0.5) is 0 Å². The van der Waals surface area contributed by atoms with Crippen molar-refractivity contribution in [2.75, 3.05) is 6.54 Å². The molecule has 0 aromatic heterocycles. The number of carbonyl (C=O) groups excluding carboxylic acids is 4. The van der Waals surface area contributed by atoms with Crippen LogP contribution in [0.3, 0.4) is 0 Å². The zero-order chi connectivity index (χ0) is 22.4. The van der Waals surface area contributed by atoms with Crippen LogP contribution in [0.5, 0.6) is 0 Å². The van der Waals surface area contributed by atoms with Gasteiger partial charge in [0, 0.05) is 31.6 Å². The highest BCUT2D eigenvalue weighted by Gasteiger charge is 2.44. The molecule has 0 spiro atoms. The van der Waals surface area contributed by atoms with E-state index in [1.54, 1.807) is 12.1 Å². The molecule has 3 aliphatic rings. The summed E-state index contributed by atoms with van der Waals surface area (Å²) in [5, 5.41) is 2.22. The molecule has 1 unspecified atom stereocenters. The van der Waals surface area contributed by atoms with E-state index in [2.05, 4.69) is 22.3 Å². The summed E-state index contributed by atoms with van der Waals surface area (Å²) in [6, 6.07) is 14.8. The summed E-state index contributed by atoms with van der Waals surface area (Å²) in [6.45, 7) is 1.34. The van der Waals surface area contributed by atoms with Crippen LogP contribution in [0.15, 0.2) is 48.5 Å². The largest absolute Gasteiger partial charge is 0.326 e. The molecule has 32 heavy (non-hydrogen) atoms. The maximum absolute atomic E-state index is 13.1. The quantitative estimate of drug-likeness (QED) is 0.706. The first-order valence-electron chi connectivity index (χ1n) is 10.8. The first-order valence-corrected chi connectivity index (χ1v) is 10.8. The Labute approximate surface area is 185 Å². The number of nitrogens with two attached hydrogens (primary N) is 1. The van der Waals surface area contributed by atoms with Crippen LogP contribution in [-0.4, -0.2) is 52.1 Å². The van der Waals surface area contributed by atoms with E-state index in [0.717, 1.165) is 23.4 Å². The number of benzene rings is 2. The smallest absolute Gasteiger partial charge is 0.262 e. The average molecular weight is 432 g/mol. The molecule has 8 heteroatoms. The SMILES string of the molecule is N[C@H]1C[C@@H](c2ccccc2)N(Cc2ccc3c(c2)C(=O)N(C2CCC(=O)NC2=O)C3=O)C1. The topological polar surface area (TPSA) is 113 Å². The number of amides is 4. The summed E-state index contributed by atoms with van der Waals surface area (Å²) in [5.74, 6) is -1.97. The minimum absolute atomic E-state index is 0.0702. The van der Waals surface area contributed by atoms with Crippen molar-refractivity contribution < 1.29 is 19.2 Å². The van der Waals surface area contributed by atoms with E-state index in [0.29, 0.717) is 17.7 Å². The zero-order valence-electron chi connectivity index (χ0n) is 17.5.